The highest BCUT2D eigenvalue weighted by Gasteiger charge is 2.48. The number of rotatable bonds is 5. The van der Waals surface area contributed by atoms with Gasteiger partial charge in [0.25, 0.3) is 0 Å². The lowest BCUT2D eigenvalue weighted by molar-refractivity contribution is 0.137. The van der Waals surface area contributed by atoms with Gasteiger partial charge < -0.3 is 0 Å². The molecule has 0 heteroatoms. The van der Waals surface area contributed by atoms with Crippen molar-refractivity contribution >= 4 is 0 Å². The molecule has 0 saturated heterocycles. The highest BCUT2D eigenvalue weighted by Crippen LogP contribution is 2.58. The molecule has 30 heavy (non-hydrogen) atoms. The number of hydrogen-bond acceptors (Lipinski definition) is 0. The Balaban J connectivity index is 0.00000106. The lowest BCUT2D eigenvalue weighted by atomic mass is 9.63. The van der Waals surface area contributed by atoms with E-state index in [2.05, 4.69) is 51.7 Å². The van der Waals surface area contributed by atoms with Crippen LogP contribution in [0.2, 0.25) is 0 Å². The van der Waals surface area contributed by atoms with Crippen LogP contribution in [-0.2, 0) is 0 Å². The monoisotopic (exact) mass is 412 g/mol. The number of allylic oxidation sites excluding steroid dienone is 7. The van der Waals surface area contributed by atoms with E-state index in [9.17, 15) is 0 Å². The summed E-state index contributed by atoms with van der Waals surface area (Å²) in [5.41, 5.74) is 5.21. The van der Waals surface area contributed by atoms with Crippen molar-refractivity contribution in [1.29, 1.82) is 0 Å². The van der Waals surface area contributed by atoms with Gasteiger partial charge in [-0.2, -0.15) is 0 Å². The fourth-order valence-electron chi connectivity index (χ4n) is 5.76. The molecule has 0 spiro atoms. The molecule has 3 rings (SSSR count). The van der Waals surface area contributed by atoms with Gasteiger partial charge in [-0.25, -0.2) is 0 Å². The number of fused-ring (bicyclic) bond motifs is 1. The van der Waals surface area contributed by atoms with E-state index in [0.717, 1.165) is 17.8 Å². The quantitative estimate of drug-likeness (QED) is 0.394. The summed E-state index contributed by atoms with van der Waals surface area (Å²) in [6, 6.07) is 0. The molecule has 3 aliphatic carbocycles. The van der Waals surface area contributed by atoms with Crippen LogP contribution in [0.25, 0.3) is 0 Å². The zero-order valence-corrected chi connectivity index (χ0v) is 21.5. The van der Waals surface area contributed by atoms with Gasteiger partial charge >= 0.3 is 0 Å². The van der Waals surface area contributed by atoms with Gasteiger partial charge in [-0.05, 0) is 99.4 Å². The van der Waals surface area contributed by atoms with Crippen molar-refractivity contribution < 1.29 is 0 Å². The molecule has 172 valence electrons. The van der Waals surface area contributed by atoms with E-state index in [1.54, 1.807) is 5.57 Å². The van der Waals surface area contributed by atoms with E-state index in [-0.39, 0.29) is 0 Å². The normalized spacial score (nSPS) is 31.4. The fraction of sp³-hybridized carbons (Fsp3) is 0.733. The van der Waals surface area contributed by atoms with Gasteiger partial charge in [0.1, 0.15) is 0 Å². The van der Waals surface area contributed by atoms with Crippen LogP contribution in [0.4, 0.5) is 0 Å². The molecule has 3 saturated carbocycles. The zero-order valence-electron chi connectivity index (χ0n) is 21.5. The first-order valence-corrected chi connectivity index (χ1v) is 13.2. The predicted molar refractivity (Wildman–Crippen MR) is 138 cm³/mol. The van der Waals surface area contributed by atoms with E-state index < -0.39 is 0 Å². The second-order valence-electron chi connectivity index (χ2n) is 9.77. The molecule has 3 fully saturated rings. The number of hydrogen-bond donors (Lipinski definition) is 0. The van der Waals surface area contributed by atoms with Crippen LogP contribution in [0.3, 0.4) is 0 Å². The Bertz CT molecular complexity index is 585. The molecule has 3 atom stereocenters. The second kappa shape index (κ2) is 14.1. The zero-order chi connectivity index (χ0) is 22.6. The largest absolute Gasteiger partial charge is 0.0956 e. The summed E-state index contributed by atoms with van der Waals surface area (Å²) in [6.45, 7) is 19.5. The molecule has 3 unspecified atom stereocenters. The molecular weight excluding hydrogens is 360 g/mol. The maximum atomic E-state index is 4.30. The van der Waals surface area contributed by atoms with Crippen molar-refractivity contribution in [2.75, 3.05) is 0 Å². The van der Waals surface area contributed by atoms with Crippen molar-refractivity contribution in [1.82, 2.24) is 0 Å². The van der Waals surface area contributed by atoms with Crippen LogP contribution in [0, 0.1) is 23.2 Å². The van der Waals surface area contributed by atoms with Gasteiger partial charge in [-0.15, -0.1) is 0 Å². The molecule has 0 aromatic rings. The third kappa shape index (κ3) is 7.28. The third-order valence-electron chi connectivity index (χ3n) is 7.48. The minimum atomic E-state index is 0.536. The molecule has 0 bridgehead atoms. The summed E-state index contributed by atoms with van der Waals surface area (Å²) in [5.74, 6) is 2.50. The average Bonchev–Trinajstić information content (AvgIpc) is 3.10. The van der Waals surface area contributed by atoms with Gasteiger partial charge in [0.05, 0.1) is 0 Å². The summed E-state index contributed by atoms with van der Waals surface area (Å²) >= 11 is 0. The van der Waals surface area contributed by atoms with Crippen molar-refractivity contribution in [3.8, 4) is 0 Å². The Morgan fingerprint density at radius 3 is 2.30 bits per heavy atom. The minimum absolute atomic E-state index is 0.536. The average molecular weight is 413 g/mol. The van der Waals surface area contributed by atoms with E-state index in [4.69, 9.17) is 0 Å². The van der Waals surface area contributed by atoms with Gasteiger partial charge in [-0.1, -0.05) is 90.5 Å². The highest BCUT2D eigenvalue weighted by molar-refractivity contribution is 5.35. The van der Waals surface area contributed by atoms with Crippen molar-refractivity contribution in [2.24, 2.45) is 23.2 Å². The molecular formula is C30H52. The van der Waals surface area contributed by atoms with Crippen molar-refractivity contribution in [2.45, 2.75) is 119 Å². The molecule has 0 heterocycles. The van der Waals surface area contributed by atoms with Crippen LogP contribution in [0.1, 0.15) is 119 Å². The summed E-state index contributed by atoms with van der Waals surface area (Å²) in [7, 11) is 0. The lowest BCUT2D eigenvalue weighted by Crippen LogP contribution is -2.33. The highest BCUT2D eigenvalue weighted by atomic mass is 14.5. The molecule has 0 aliphatic heterocycles. The van der Waals surface area contributed by atoms with Crippen molar-refractivity contribution in [3.63, 3.8) is 0 Å². The third-order valence-corrected chi connectivity index (χ3v) is 7.48. The lowest BCUT2D eigenvalue weighted by Gasteiger charge is -2.42. The van der Waals surface area contributed by atoms with E-state index in [0.29, 0.717) is 5.41 Å². The topological polar surface area (TPSA) is 0 Å². The van der Waals surface area contributed by atoms with Gasteiger partial charge in [0, 0.05) is 0 Å². The standard InChI is InChI=1S/C26H40.2C2H6/c1-20(2)10-5-8-14-24-17-18-25-23(13-9-19-26(24,25)4)16-15-22-12-7-6-11-21(22)3;2*1-2/h5,8,15-16,20,24-25H,3,6-7,9-14,17-19H2,1-2,4H3;2*1-2H3/b8-5+,22-15+,23-16+;;. The fourth-order valence-corrected chi connectivity index (χ4v) is 5.76. The Morgan fingerprint density at radius 1 is 0.933 bits per heavy atom. The molecule has 0 nitrogen and oxygen atoms in total. The molecule has 0 aromatic heterocycles. The molecule has 0 amide bonds. The maximum absolute atomic E-state index is 4.30. The SMILES string of the molecule is C=C1CCCC/C1=C\C=C1/CCCC2(C)C(C/C=C/CC(C)C)CCC12.CC.CC. The smallest absolute Gasteiger partial charge is 0.0143 e. The second-order valence-corrected chi connectivity index (χ2v) is 9.77. The van der Waals surface area contributed by atoms with Crippen molar-refractivity contribution in [3.05, 3.63) is 47.6 Å². The molecule has 0 N–H and O–H groups in total. The van der Waals surface area contributed by atoms with E-state index >= 15 is 0 Å². The Labute approximate surface area is 190 Å². The predicted octanol–water partition coefficient (Wildman–Crippen LogP) is 10.2. The van der Waals surface area contributed by atoms with Crippen LogP contribution >= 0.6 is 0 Å². The van der Waals surface area contributed by atoms with E-state index in [1.165, 1.54) is 81.8 Å². The Morgan fingerprint density at radius 2 is 1.63 bits per heavy atom. The van der Waals surface area contributed by atoms with Crippen LogP contribution in [-0.4, -0.2) is 0 Å². The van der Waals surface area contributed by atoms with Gasteiger partial charge in [0.15, 0.2) is 0 Å². The van der Waals surface area contributed by atoms with Crippen LogP contribution < -0.4 is 0 Å². The molecule has 3 aliphatic rings. The van der Waals surface area contributed by atoms with Crippen LogP contribution in [0.15, 0.2) is 47.6 Å². The molecule has 0 radical (unpaired) electrons. The van der Waals surface area contributed by atoms with Gasteiger partial charge in [-0.3, -0.25) is 0 Å². The Hall–Kier alpha value is -1.04. The van der Waals surface area contributed by atoms with E-state index in [1.807, 2.05) is 27.7 Å². The Kier molecular flexibility index (Phi) is 12.7. The summed E-state index contributed by atoms with van der Waals surface area (Å²) in [4.78, 5) is 0. The van der Waals surface area contributed by atoms with Crippen LogP contribution in [0.5, 0.6) is 0 Å². The maximum Gasteiger partial charge on any atom is -0.0143 e. The summed E-state index contributed by atoms with van der Waals surface area (Å²) < 4.78 is 0. The van der Waals surface area contributed by atoms with Gasteiger partial charge in [0.2, 0.25) is 0 Å². The first-order valence-electron chi connectivity index (χ1n) is 13.2. The first-order chi connectivity index (χ1) is 14.5. The minimum Gasteiger partial charge on any atom is -0.0956 e. The summed E-state index contributed by atoms with van der Waals surface area (Å²) in [5, 5.41) is 0. The first kappa shape index (κ1) is 27.0. The summed E-state index contributed by atoms with van der Waals surface area (Å²) in [6.07, 6.45) is 24.5. The molecule has 0 aromatic carbocycles.